The van der Waals surface area contributed by atoms with Gasteiger partial charge in [-0.05, 0) is 48.0 Å². The van der Waals surface area contributed by atoms with E-state index in [1.807, 2.05) is 0 Å². The standard InChI is InChI=1S/C18H14F2O4/c1-23-18(22)11-24-14-6-4-13(5-7-14)17(21)9-3-12-2-8-15(19)16(20)10-12/h2-10H,11H2,1H3/b9-3+. The fourth-order valence-corrected chi connectivity index (χ4v) is 1.80. The Kier molecular flexibility index (Phi) is 5.78. The molecular formula is C18H14F2O4. The Labute approximate surface area is 137 Å². The van der Waals surface area contributed by atoms with E-state index in [-0.39, 0.29) is 12.4 Å². The zero-order valence-corrected chi connectivity index (χ0v) is 12.8. The van der Waals surface area contributed by atoms with Gasteiger partial charge in [-0.25, -0.2) is 13.6 Å². The van der Waals surface area contributed by atoms with Crippen LogP contribution in [0.5, 0.6) is 5.75 Å². The van der Waals surface area contributed by atoms with Crippen molar-refractivity contribution in [3.8, 4) is 5.75 Å². The third-order valence-electron chi connectivity index (χ3n) is 3.09. The van der Waals surface area contributed by atoms with E-state index in [0.717, 1.165) is 12.1 Å². The van der Waals surface area contributed by atoms with Gasteiger partial charge in [0.1, 0.15) is 5.75 Å². The highest BCUT2D eigenvalue weighted by atomic mass is 19.2. The van der Waals surface area contributed by atoms with Gasteiger partial charge in [0.15, 0.2) is 24.0 Å². The number of hydrogen-bond acceptors (Lipinski definition) is 4. The first-order valence-corrected chi connectivity index (χ1v) is 6.97. The van der Waals surface area contributed by atoms with Crippen molar-refractivity contribution in [1.82, 2.24) is 0 Å². The summed E-state index contributed by atoms with van der Waals surface area (Å²) in [6, 6.07) is 9.51. The molecule has 6 heteroatoms. The smallest absolute Gasteiger partial charge is 0.343 e. The molecule has 0 aliphatic rings. The molecule has 0 unspecified atom stereocenters. The van der Waals surface area contributed by atoms with Crippen LogP contribution in [0.2, 0.25) is 0 Å². The predicted molar refractivity (Wildman–Crippen MR) is 83.7 cm³/mol. The van der Waals surface area contributed by atoms with Crippen LogP contribution in [0.1, 0.15) is 15.9 Å². The number of allylic oxidation sites excluding steroid dienone is 1. The zero-order chi connectivity index (χ0) is 17.5. The molecule has 0 aliphatic heterocycles. The van der Waals surface area contributed by atoms with Gasteiger partial charge in [-0.1, -0.05) is 12.1 Å². The third kappa shape index (κ3) is 4.74. The van der Waals surface area contributed by atoms with Crippen LogP contribution in [0.25, 0.3) is 6.08 Å². The molecule has 0 radical (unpaired) electrons. The van der Waals surface area contributed by atoms with Crippen molar-refractivity contribution >= 4 is 17.8 Å². The summed E-state index contributed by atoms with van der Waals surface area (Å²) in [4.78, 5) is 23.0. The van der Waals surface area contributed by atoms with E-state index in [9.17, 15) is 18.4 Å². The van der Waals surface area contributed by atoms with Crippen LogP contribution in [0.4, 0.5) is 8.78 Å². The normalized spacial score (nSPS) is 10.6. The summed E-state index contributed by atoms with van der Waals surface area (Å²) < 4.78 is 35.5. The Balaban J connectivity index is 2.00. The topological polar surface area (TPSA) is 52.6 Å². The maximum Gasteiger partial charge on any atom is 0.343 e. The Morgan fingerprint density at radius 1 is 1.04 bits per heavy atom. The van der Waals surface area contributed by atoms with Gasteiger partial charge in [0.25, 0.3) is 0 Å². The Morgan fingerprint density at radius 2 is 1.75 bits per heavy atom. The van der Waals surface area contributed by atoms with Crippen LogP contribution in [-0.2, 0) is 9.53 Å². The average Bonchev–Trinajstić information content (AvgIpc) is 2.60. The molecule has 0 saturated heterocycles. The molecule has 4 nitrogen and oxygen atoms in total. The second kappa shape index (κ2) is 8.01. The van der Waals surface area contributed by atoms with Crippen LogP contribution in [0, 0.1) is 11.6 Å². The molecule has 0 aliphatic carbocycles. The number of methoxy groups -OCH3 is 1. The molecule has 0 saturated carbocycles. The van der Waals surface area contributed by atoms with Crippen molar-refractivity contribution in [3.63, 3.8) is 0 Å². The molecule has 0 fully saturated rings. The van der Waals surface area contributed by atoms with Crippen LogP contribution in [0.15, 0.2) is 48.5 Å². The largest absolute Gasteiger partial charge is 0.482 e. The number of ketones is 1. The number of hydrogen-bond donors (Lipinski definition) is 0. The van der Waals surface area contributed by atoms with E-state index in [1.54, 1.807) is 12.1 Å². The molecule has 2 aromatic carbocycles. The van der Waals surface area contributed by atoms with Gasteiger partial charge in [-0.2, -0.15) is 0 Å². The first-order valence-electron chi connectivity index (χ1n) is 6.97. The van der Waals surface area contributed by atoms with E-state index in [0.29, 0.717) is 16.9 Å². The summed E-state index contributed by atoms with van der Waals surface area (Å²) >= 11 is 0. The minimum atomic E-state index is -0.975. The molecule has 2 aromatic rings. The summed E-state index contributed by atoms with van der Waals surface area (Å²) in [6.07, 6.45) is 2.66. The second-order valence-electron chi connectivity index (χ2n) is 4.76. The number of ether oxygens (including phenoxy) is 2. The average molecular weight is 332 g/mol. The number of benzene rings is 2. The lowest BCUT2D eigenvalue weighted by Crippen LogP contribution is -2.12. The summed E-state index contributed by atoms with van der Waals surface area (Å²) in [6.45, 7) is -0.222. The van der Waals surface area contributed by atoms with Crippen molar-refractivity contribution in [2.75, 3.05) is 13.7 Å². The van der Waals surface area contributed by atoms with E-state index >= 15 is 0 Å². The van der Waals surface area contributed by atoms with Gasteiger partial charge >= 0.3 is 5.97 Å². The molecule has 0 N–H and O–H groups in total. The first-order chi connectivity index (χ1) is 11.5. The second-order valence-corrected chi connectivity index (χ2v) is 4.76. The Morgan fingerprint density at radius 3 is 2.38 bits per heavy atom. The van der Waals surface area contributed by atoms with Gasteiger partial charge in [0, 0.05) is 5.56 Å². The van der Waals surface area contributed by atoms with E-state index in [1.165, 1.54) is 37.5 Å². The lowest BCUT2D eigenvalue weighted by atomic mass is 10.1. The zero-order valence-electron chi connectivity index (χ0n) is 12.8. The summed E-state index contributed by atoms with van der Waals surface area (Å²) in [5.41, 5.74) is 0.763. The van der Waals surface area contributed by atoms with Crippen LogP contribution < -0.4 is 4.74 Å². The summed E-state index contributed by atoms with van der Waals surface area (Å²) in [5.74, 6) is -2.32. The molecule has 124 valence electrons. The Hall–Kier alpha value is -3.02. The predicted octanol–water partition coefficient (Wildman–Crippen LogP) is 3.41. The maximum absolute atomic E-state index is 13.1. The van der Waals surface area contributed by atoms with Crippen LogP contribution in [-0.4, -0.2) is 25.5 Å². The maximum atomic E-state index is 13.1. The Bertz CT molecular complexity index is 767. The highest BCUT2D eigenvalue weighted by Gasteiger charge is 2.05. The minimum Gasteiger partial charge on any atom is -0.482 e. The number of halogens is 2. The fraction of sp³-hybridized carbons (Fsp3) is 0.111. The van der Waals surface area contributed by atoms with Crippen molar-refractivity contribution < 1.29 is 27.8 Å². The van der Waals surface area contributed by atoms with Crippen molar-refractivity contribution in [3.05, 3.63) is 71.3 Å². The third-order valence-corrected chi connectivity index (χ3v) is 3.09. The molecular weight excluding hydrogens is 318 g/mol. The molecule has 0 amide bonds. The SMILES string of the molecule is COC(=O)COc1ccc(C(=O)/C=C/c2ccc(F)c(F)c2)cc1. The summed E-state index contributed by atoms with van der Waals surface area (Å²) in [5, 5.41) is 0. The van der Waals surface area contributed by atoms with E-state index in [4.69, 9.17) is 4.74 Å². The molecule has 2 rings (SSSR count). The lowest BCUT2D eigenvalue weighted by molar-refractivity contribution is -0.142. The molecule has 0 spiro atoms. The van der Waals surface area contributed by atoms with Crippen molar-refractivity contribution in [2.45, 2.75) is 0 Å². The summed E-state index contributed by atoms with van der Waals surface area (Å²) in [7, 11) is 1.26. The molecule has 0 aromatic heterocycles. The highest BCUT2D eigenvalue weighted by molar-refractivity contribution is 6.06. The highest BCUT2D eigenvalue weighted by Crippen LogP contribution is 2.14. The van der Waals surface area contributed by atoms with Crippen molar-refractivity contribution in [1.29, 1.82) is 0 Å². The number of esters is 1. The van der Waals surface area contributed by atoms with Gasteiger partial charge < -0.3 is 9.47 Å². The molecule has 24 heavy (non-hydrogen) atoms. The van der Waals surface area contributed by atoms with Gasteiger partial charge in [-0.15, -0.1) is 0 Å². The lowest BCUT2D eigenvalue weighted by Gasteiger charge is -2.05. The fourth-order valence-electron chi connectivity index (χ4n) is 1.80. The number of carbonyl (C=O) groups is 2. The number of rotatable bonds is 6. The van der Waals surface area contributed by atoms with E-state index < -0.39 is 17.6 Å². The quantitative estimate of drug-likeness (QED) is 0.462. The number of carbonyl (C=O) groups excluding carboxylic acids is 2. The van der Waals surface area contributed by atoms with Crippen molar-refractivity contribution in [2.24, 2.45) is 0 Å². The minimum absolute atomic E-state index is 0.222. The molecule has 0 bridgehead atoms. The van der Waals surface area contributed by atoms with Crippen LogP contribution in [0.3, 0.4) is 0 Å². The van der Waals surface area contributed by atoms with Gasteiger partial charge in [0.05, 0.1) is 7.11 Å². The molecule has 0 heterocycles. The van der Waals surface area contributed by atoms with E-state index in [2.05, 4.69) is 4.74 Å². The first kappa shape index (κ1) is 17.3. The van der Waals surface area contributed by atoms with Gasteiger partial charge in [-0.3, -0.25) is 4.79 Å². The molecule has 0 atom stereocenters. The monoisotopic (exact) mass is 332 g/mol. The van der Waals surface area contributed by atoms with Crippen LogP contribution >= 0.6 is 0 Å². The van der Waals surface area contributed by atoms with Gasteiger partial charge in [0.2, 0.25) is 0 Å².